The van der Waals surface area contributed by atoms with E-state index in [1.54, 1.807) is 31.2 Å². The number of benzene rings is 3. The van der Waals surface area contributed by atoms with Crippen molar-refractivity contribution in [2.24, 2.45) is 0 Å². The Kier molecular flexibility index (Phi) is 4.80. The van der Waals surface area contributed by atoms with Gasteiger partial charge in [0.25, 0.3) is 5.91 Å². The van der Waals surface area contributed by atoms with Crippen molar-refractivity contribution < 1.29 is 14.3 Å². The molecule has 4 heteroatoms. The smallest absolute Gasteiger partial charge is 0.265 e. The molecule has 1 N–H and O–H groups in total. The van der Waals surface area contributed by atoms with Crippen molar-refractivity contribution in [1.82, 2.24) is 0 Å². The van der Waals surface area contributed by atoms with Crippen molar-refractivity contribution >= 4 is 28.2 Å². The summed E-state index contributed by atoms with van der Waals surface area (Å²) in [5, 5.41) is 4.96. The first kappa shape index (κ1) is 16.7. The van der Waals surface area contributed by atoms with Crippen LogP contribution >= 0.6 is 0 Å². The Balaban J connectivity index is 1.71. The van der Waals surface area contributed by atoms with E-state index in [9.17, 15) is 9.59 Å². The number of carbonyl (C=O) groups excluding carboxylic acids is 2. The molecule has 0 aliphatic heterocycles. The predicted octanol–water partition coefficient (Wildman–Crippen LogP) is 4.45. The molecule has 0 saturated heterocycles. The highest BCUT2D eigenvalue weighted by atomic mass is 16.5. The van der Waals surface area contributed by atoms with Gasteiger partial charge in [-0.05, 0) is 49.6 Å². The summed E-state index contributed by atoms with van der Waals surface area (Å²) in [7, 11) is 0. The Morgan fingerprint density at radius 3 is 2.32 bits per heavy atom. The molecule has 0 heterocycles. The summed E-state index contributed by atoms with van der Waals surface area (Å²) in [5.74, 6) is 0.311. The molecule has 1 amide bonds. The molecule has 3 aromatic rings. The fraction of sp³-hybridized carbons (Fsp3) is 0.143. The third-order valence-electron chi connectivity index (χ3n) is 3.99. The Morgan fingerprint density at radius 2 is 1.60 bits per heavy atom. The number of hydrogen-bond donors (Lipinski definition) is 1. The lowest BCUT2D eigenvalue weighted by Gasteiger charge is -2.16. The molecule has 3 aromatic carbocycles. The highest BCUT2D eigenvalue weighted by molar-refractivity contribution is 6.03. The summed E-state index contributed by atoms with van der Waals surface area (Å²) in [5.41, 5.74) is 1.37. The molecule has 0 bridgehead atoms. The number of hydrogen-bond acceptors (Lipinski definition) is 3. The van der Waals surface area contributed by atoms with Gasteiger partial charge >= 0.3 is 0 Å². The van der Waals surface area contributed by atoms with Crippen LogP contribution < -0.4 is 10.1 Å². The molecule has 126 valence electrons. The van der Waals surface area contributed by atoms with E-state index < -0.39 is 6.10 Å². The number of rotatable bonds is 5. The molecular formula is C21H19NO3. The van der Waals surface area contributed by atoms with Gasteiger partial charge in [0.05, 0.1) is 0 Å². The second kappa shape index (κ2) is 7.18. The molecule has 1 atom stereocenters. The zero-order valence-electron chi connectivity index (χ0n) is 14.2. The van der Waals surface area contributed by atoms with E-state index in [2.05, 4.69) is 5.32 Å². The van der Waals surface area contributed by atoms with Crippen LogP contribution in [0.15, 0.2) is 66.7 Å². The van der Waals surface area contributed by atoms with E-state index in [-0.39, 0.29) is 11.7 Å². The monoisotopic (exact) mass is 333 g/mol. The fourth-order valence-electron chi connectivity index (χ4n) is 2.59. The number of anilines is 1. The average Bonchev–Trinajstić information content (AvgIpc) is 2.62. The zero-order valence-corrected chi connectivity index (χ0v) is 14.2. The number of amides is 1. The third kappa shape index (κ3) is 3.86. The lowest BCUT2D eigenvalue weighted by Crippen LogP contribution is -2.30. The molecule has 0 aliphatic carbocycles. The minimum atomic E-state index is -0.665. The molecule has 0 fully saturated rings. The van der Waals surface area contributed by atoms with Gasteiger partial charge in [-0.15, -0.1) is 0 Å². The highest BCUT2D eigenvalue weighted by Gasteiger charge is 2.16. The quantitative estimate of drug-likeness (QED) is 0.702. The Bertz CT molecular complexity index is 911. The van der Waals surface area contributed by atoms with Crippen LogP contribution in [0.1, 0.15) is 24.2 Å². The maximum absolute atomic E-state index is 12.4. The predicted molar refractivity (Wildman–Crippen MR) is 99.1 cm³/mol. The van der Waals surface area contributed by atoms with Crippen LogP contribution in [-0.2, 0) is 4.79 Å². The maximum Gasteiger partial charge on any atom is 0.265 e. The van der Waals surface area contributed by atoms with E-state index in [1.165, 1.54) is 6.92 Å². The molecule has 0 aromatic heterocycles. The van der Waals surface area contributed by atoms with Crippen molar-refractivity contribution in [2.45, 2.75) is 20.0 Å². The zero-order chi connectivity index (χ0) is 17.8. The lowest BCUT2D eigenvalue weighted by atomic mass is 10.1. The van der Waals surface area contributed by atoms with Gasteiger partial charge in [0.15, 0.2) is 11.9 Å². The molecule has 3 rings (SSSR count). The molecule has 0 unspecified atom stereocenters. The molecule has 0 spiro atoms. The van der Waals surface area contributed by atoms with E-state index in [0.29, 0.717) is 11.3 Å². The topological polar surface area (TPSA) is 55.4 Å². The van der Waals surface area contributed by atoms with Crippen LogP contribution in [0.25, 0.3) is 10.8 Å². The number of nitrogens with one attached hydrogen (secondary N) is 1. The van der Waals surface area contributed by atoms with Crippen molar-refractivity contribution in [2.75, 3.05) is 5.32 Å². The first-order chi connectivity index (χ1) is 12.0. The summed E-state index contributed by atoms with van der Waals surface area (Å²) in [6.07, 6.45) is -0.665. The standard InChI is InChI=1S/C21H19NO3/c1-14(23)16-10-12-18(13-11-16)25-15(2)21(24)22-20-9-5-7-17-6-3-4-8-19(17)20/h3-13,15H,1-2H3,(H,22,24)/t15-/m1/s1. The first-order valence-corrected chi connectivity index (χ1v) is 8.11. The summed E-state index contributed by atoms with van der Waals surface area (Å²) in [4.78, 5) is 23.7. The minimum Gasteiger partial charge on any atom is -0.481 e. The second-order valence-corrected chi connectivity index (χ2v) is 5.86. The molecule has 0 radical (unpaired) electrons. The van der Waals surface area contributed by atoms with Crippen LogP contribution in [-0.4, -0.2) is 17.8 Å². The number of carbonyl (C=O) groups is 2. The molecular weight excluding hydrogens is 314 g/mol. The van der Waals surface area contributed by atoms with Gasteiger partial charge in [-0.1, -0.05) is 36.4 Å². The Labute approximate surface area is 146 Å². The van der Waals surface area contributed by atoms with Gasteiger partial charge in [-0.25, -0.2) is 0 Å². The SMILES string of the molecule is CC(=O)c1ccc(O[C@H](C)C(=O)Nc2cccc3ccccc23)cc1. The average molecular weight is 333 g/mol. The van der Waals surface area contributed by atoms with E-state index in [1.807, 2.05) is 42.5 Å². The Morgan fingerprint density at radius 1 is 0.920 bits per heavy atom. The highest BCUT2D eigenvalue weighted by Crippen LogP contribution is 2.23. The van der Waals surface area contributed by atoms with Gasteiger partial charge < -0.3 is 10.1 Å². The van der Waals surface area contributed by atoms with Crippen molar-refractivity contribution in [3.8, 4) is 5.75 Å². The summed E-state index contributed by atoms with van der Waals surface area (Å²) in [6.45, 7) is 3.20. The number of fused-ring (bicyclic) bond motifs is 1. The third-order valence-corrected chi connectivity index (χ3v) is 3.99. The molecule has 25 heavy (non-hydrogen) atoms. The largest absolute Gasteiger partial charge is 0.481 e. The molecule has 4 nitrogen and oxygen atoms in total. The first-order valence-electron chi connectivity index (χ1n) is 8.11. The Hall–Kier alpha value is -3.14. The maximum atomic E-state index is 12.4. The van der Waals surface area contributed by atoms with Gasteiger partial charge in [-0.2, -0.15) is 0 Å². The van der Waals surface area contributed by atoms with Crippen molar-refractivity contribution in [3.05, 3.63) is 72.3 Å². The minimum absolute atomic E-state index is 0.00621. The van der Waals surface area contributed by atoms with Crippen LogP contribution in [0.5, 0.6) is 5.75 Å². The summed E-state index contributed by atoms with van der Waals surface area (Å²) in [6, 6.07) is 20.4. The number of Topliss-reactive ketones (excluding diaryl/α,β-unsaturated/α-hetero) is 1. The van der Waals surface area contributed by atoms with Gasteiger partial charge in [0, 0.05) is 16.6 Å². The normalized spacial score (nSPS) is 11.8. The van der Waals surface area contributed by atoms with Gasteiger partial charge in [0.2, 0.25) is 0 Å². The summed E-state index contributed by atoms with van der Waals surface area (Å²) >= 11 is 0. The van der Waals surface area contributed by atoms with Gasteiger partial charge in [0.1, 0.15) is 5.75 Å². The van der Waals surface area contributed by atoms with E-state index in [0.717, 1.165) is 16.5 Å². The van der Waals surface area contributed by atoms with E-state index in [4.69, 9.17) is 4.74 Å². The number of ether oxygens (including phenoxy) is 1. The van der Waals surface area contributed by atoms with Crippen molar-refractivity contribution in [1.29, 1.82) is 0 Å². The van der Waals surface area contributed by atoms with Crippen LogP contribution in [0.3, 0.4) is 0 Å². The molecule has 0 saturated carbocycles. The second-order valence-electron chi connectivity index (χ2n) is 5.86. The lowest BCUT2D eigenvalue weighted by molar-refractivity contribution is -0.122. The summed E-state index contributed by atoms with van der Waals surface area (Å²) < 4.78 is 5.67. The van der Waals surface area contributed by atoms with Crippen molar-refractivity contribution in [3.63, 3.8) is 0 Å². The molecule has 0 aliphatic rings. The van der Waals surface area contributed by atoms with Crippen LogP contribution in [0, 0.1) is 0 Å². The number of ketones is 1. The van der Waals surface area contributed by atoms with Gasteiger partial charge in [-0.3, -0.25) is 9.59 Å². The van der Waals surface area contributed by atoms with Crippen LogP contribution in [0.4, 0.5) is 5.69 Å². The fourth-order valence-corrected chi connectivity index (χ4v) is 2.59. The van der Waals surface area contributed by atoms with E-state index >= 15 is 0 Å². The van der Waals surface area contributed by atoms with Crippen LogP contribution in [0.2, 0.25) is 0 Å².